The van der Waals surface area contributed by atoms with Gasteiger partial charge in [-0.05, 0) is 51.3 Å². The molecule has 0 bridgehead atoms. The van der Waals surface area contributed by atoms with Crippen molar-refractivity contribution in [3.8, 4) is 17.2 Å². The molecule has 26 heavy (non-hydrogen) atoms. The molecule has 1 aliphatic rings. The van der Waals surface area contributed by atoms with Crippen molar-refractivity contribution in [2.75, 3.05) is 21.0 Å². The van der Waals surface area contributed by atoms with Gasteiger partial charge in [0.1, 0.15) is 5.75 Å². The summed E-state index contributed by atoms with van der Waals surface area (Å²) in [6.07, 6.45) is 0. The summed E-state index contributed by atoms with van der Waals surface area (Å²) in [6.45, 7) is 1.56. The number of benzene rings is 2. The van der Waals surface area contributed by atoms with Crippen molar-refractivity contribution in [2.24, 2.45) is 4.99 Å². The number of fused-ring (bicyclic) bond motifs is 1. The molecule has 6 nitrogen and oxygen atoms in total. The Kier molecular flexibility index (Phi) is 7.83. The van der Waals surface area contributed by atoms with E-state index in [9.17, 15) is 0 Å². The van der Waals surface area contributed by atoms with E-state index in [4.69, 9.17) is 14.2 Å². The Hall–Kier alpha value is -1.68. The van der Waals surface area contributed by atoms with Gasteiger partial charge in [0.05, 0.1) is 11.6 Å². The van der Waals surface area contributed by atoms with Gasteiger partial charge in [-0.25, -0.2) is 0 Å². The zero-order valence-electron chi connectivity index (χ0n) is 14.5. The monoisotopic (exact) mass is 533 g/mol. The van der Waals surface area contributed by atoms with E-state index in [0.717, 1.165) is 38.8 Å². The highest BCUT2D eigenvalue weighted by atomic mass is 127. The minimum atomic E-state index is 0. The SMILES string of the molecule is CN=C(NCc1ccc(OC)cc1)NCc1cc(Br)c2c(c1)OCO2.I. The second-order valence-corrected chi connectivity index (χ2v) is 6.29. The van der Waals surface area contributed by atoms with Crippen LogP contribution in [0, 0.1) is 0 Å². The second-order valence-electron chi connectivity index (χ2n) is 5.44. The molecule has 0 radical (unpaired) electrons. The number of guanidine groups is 1. The lowest BCUT2D eigenvalue weighted by Crippen LogP contribution is -2.36. The van der Waals surface area contributed by atoms with Crippen molar-refractivity contribution in [1.29, 1.82) is 0 Å². The van der Waals surface area contributed by atoms with E-state index in [1.165, 1.54) is 0 Å². The first-order valence-corrected chi connectivity index (χ1v) is 8.64. The van der Waals surface area contributed by atoms with Crippen molar-refractivity contribution in [2.45, 2.75) is 13.1 Å². The number of methoxy groups -OCH3 is 1. The largest absolute Gasteiger partial charge is 0.497 e. The van der Waals surface area contributed by atoms with E-state index in [1.54, 1.807) is 14.2 Å². The van der Waals surface area contributed by atoms with Gasteiger partial charge in [0.15, 0.2) is 17.5 Å². The van der Waals surface area contributed by atoms with Crippen LogP contribution in [0.4, 0.5) is 0 Å². The van der Waals surface area contributed by atoms with E-state index in [1.807, 2.05) is 36.4 Å². The average molecular weight is 534 g/mol. The van der Waals surface area contributed by atoms with Crippen molar-refractivity contribution in [3.05, 3.63) is 52.0 Å². The van der Waals surface area contributed by atoms with Crippen molar-refractivity contribution >= 4 is 45.9 Å². The quantitative estimate of drug-likeness (QED) is 0.349. The zero-order valence-corrected chi connectivity index (χ0v) is 18.5. The molecular formula is C18H21BrIN3O3. The average Bonchev–Trinajstić information content (AvgIpc) is 3.11. The van der Waals surface area contributed by atoms with Crippen LogP contribution in [0.1, 0.15) is 11.1 Å². The van der Waals surface area contributed by atoms with Crippen LogP contribution in [-0.4, -0.2) is 26.9 Å². The highest BCUT2D eigenvalue weighted by molar-refractivity contribution is 14.0. The molecular weight excluding hydrogens is 513 g/mol. The molecule has 1 heterocycles. The molecule has 140 valence electrons. The molecule has 2 N–H and O–H groups in total. The summed E-state index contributed by atoms with van der Waals surface area (Å²) in [7, 11) is 3.41. The first-order valence-electron chi connectivity index (χ1n) is 7.85. The summed E-state index contributed by atoms with van der Waals surface area (Å²) < 4.78 is 16.9. The highest BCUT2D eigenvalue weighted by Crippen LogP contribution is 2.39. The normalized spacial score (nSPS) is 12.3. The fourth-order valence-corrected chi connectivity index (χ4v) is 3.06. The lowest BCUT2D eigenvalue weighted by molar-refractivity contribution is 0.173. The summed E-state index contributed by atoms with van der Waals surface area (Å²) in [5.41, 5.74) is 2.22. The van der Waals surface area contributed by atoms with Crippen LogP contribution in [0.2, 0.25) is 0 Å². The zero-order chi connectivity index (χ0) is 17.6. The molecule has 0 saturated carbocycles. The van der Waals surface area contributed by atoms with Gasteiger partial charge in [0, 0.05) is 20.1 Å². The number of halogens is 2. The maximum atomic E-state index is 5.44. The Morgan fingerprint density at radius 1 is 1.12 bits per heavy atom. The third kappa shape index (κ3) is 5.16. The summed E-state index contributed by atoms with van der Waals surface area (Å²) in [5, 5.41) is 6.58. The van der Waals surface area contributed by atoms with Crippen molar-refractivity contribution in [3.63, 3.8) is 0 Å². The van der Waals surface area contributed by atoms with Crippen LogP contribution in [0.3, 0.4) is 0 Å². The van der Waals surface area contributed by atoms with Gasteiger partial charge in [-0.2, -0.15) is 0 Å². The minimum absolute atomic E-state index is 0. The van der Waals surface area contributed by atoms with Crippen molar-refractivity contribution in [1.82, 2.24) is 10.6 Å². The third-order valence-corrected chi connectivity index (χ3v) is 4.38. The molecule has 0 fully saturated rings. The molecule has 0 amide bonds. The van der Waals surface area contributed by atoms with E-state index in [-0.39, 0.29) is 30.8 Å². The van der Waals surface area contributed by atoms with Crippen molar-refractivity contribution < 1.29 is 14.2 Å². The smallest absolute Gasteiger partial charge is 0.231 e. The van der Waals surface area contributed by atoms with Gasteiger partial charge >= 0.3 is 0 Å². The molecule has 2 aromatic carbocycles. The molecule has 0 unspecified atom stereocenters. The fraction of sp³-hybridized carbons (Fsp3) is 0.278. The third-order valence-electron chi connectivity index (χ3n) is 3.79. The number of rotatable bonds is 5. The van der Waals surface area contributed by atoms with Gasteiger partial charge in [-0.3, -0.25) is 4.99 Å². The van der Waals surface area contributed by atoms with Gasteiger partial charge in [-0.15, -0.1) is 24.0 Å². The van der Waals surface area contributed by atoms with Crippen LogP contribution < -0.4 is 24.8 Å². The summed E-state index contributed by atoms with van der Waals surface area (Å²) in [5.74, 6) is 3.09. The summed E-state index contributed by atoms with van der Waals surface area (Å²) in [6, 6.07) is 11.9. The Bertz CT molecular complexity index is 769. The van der Waals surface area contributed by atoms with E-state index >= 15 is 0 Å². The van der Waals surface area contributed by atoms with E-state index < -0.39 is 0 Å². The maximum Gasteiger partial charge on any atom is 0.231 e. The molecule has 0 saturated heterocycles. The molecule has 0 spiro atoms. The first-order chi connectivity index (χ1) is 12.2. The Balaban J connectivity index is 0.00000243. The molecule has 0 aromatic heterocycles. The molecule has 2 aromatic rings. The van der Waals surface area contributed by atoms with Crippen LogP contribution in [0.25, 0.3) is 0 Å². The Morgan fingerprint density at radius 3 is 2.46 bits per heavy atom. The molecule has 0 atom stereocenters. The molecule has 1 aliphatic heterocycles. The summed E-state index contributed by atoms with van der Waals surface area (Å²) in [4.78, 5) is 4.25. The predicted molar refractivity (Wildman–Crippen MR) is 116 cm³/mol. The number of nitrogens with zero attached hydrogens (tertiary/aromatic N) is 1. The topological polar surface area (TPSA) is 64.1 Å². The minimum Gasteiger partial charge on any atom is -0.497 e. The number of hydrogen-bond donors (Lipinski definition) is 2. The summed E-state index contributed by atoms with van der Waals surface area (Å²) >= 11 is 3.51. The lowest BCUT2D eigenvalue weighted by atomic mass is 10.2. The number of nitrogens with one attached hydrogen (secondary N) is 2. The van der Waals surface area contributed by atoms with Gasteiger partial charge in [-0.1, -0.05) is 12.1 Å². The molecule has 8 heteroatoms. The number of hydrogen-bond acceptors (Lipinski definition) is 4. The predicted octanol–water partition coefficient (Wildman–Crippen LogP) is 3.67. The van der Waals surface area contributed by atoms with E-state index in [0.29, 0.717) is 13.1 Å². The van der Waals surface area contributed by atoms with Crippen LogP contribution >= 0.6 is 39.9 Å². The van der Waals surface area contributed by atoms with Gasteiger partial charge in [0.25, 0.3) is 0 Å². The van der Waals surface area contributed by atoms with Crippen LogP contribution in [0.5, 0.6) is 17.2 Å². The second kappa shape index (κ2) is 9.86. The van der Waals surface area contributed by atoms with Gasteiger partial charge < -0.3 is 24.8 Å². The standard InChI is InChI=1S/C18H20BrN3O3.HI/c1-20-18(21-9-12-3-5-14(23-2)6-4-12)22-10-13-7-15(19)17-16(8-13)24-11-25-17;/h3-8H,9-11H2,1-2H3,(H2,20,21,22);1H. The van der Waals surface area contributed by atoms with Gasteiger partial charge in [0.2, 0.25) is 6.79 Å². The number of ether oxygens (including phenoxy) is 3. The van der Waals surface area contributed by atoms with Crippen LogP contribution in [0.15, 0.2) is 45.9 Å². The fourth-order valence-electron chi connectivity index (χ4n) is 2.46. The van der Waals surface area contributed by atoms with Crippen LogP contribution in [-0.2, 0) is 13.1 Å². The molecule has 0 aliphatic carbocycles. The van der Waals surface area contributed by atoms with E-state index in [2.05, 4.69) is 31.6 Å². The lowest BCUT2D eigenvalue weighted by Gasteiger charge is -2.13. The molecule has 3 rings (SSSR count). The maximum absolute atomic E-state index is 5.44. The Labute approximate surface area is 178 Å². The Morgan fingerprint density at radius 2 is 1.81 bits per heavy atom. The first kappa shape index (κ1) is 20.6. The number of aliphatic imine (C=N–C) groups is 1. The highest BCUT2D eigenvalue weighted by Gasteiger charge is 2.17.